The van der Waals surface area contributed by atoms with Gasteiger partial charge < -0.3 is 4.90 Å². The molecule has 0 unspecified atom stereocenters. The van der Waals surface area contributed by atoms with Gasteiger partial charge in [0.25, 0.3) is 0 Å². The van der Waals surface area contributed by atoms with Crippen molar-refractivity contribution in [1.82, 2.24) is 14.9 Å². The van der Waals surface area contributed by atoms with Crippen LogP contribution in [0.2, 0.25) is 0 Å². The molecule has 0 bridgehead atoms. The lowest BCUT2D eigenvalue weighted by molar-refractivity contribution is 0.258. The molecule has 0 aliphatic rings. The van der Waals surface area contributed by atoms with Crippen LogP contribution >= 0.6 is 0 Å². The van der Waals surface area contributed by atoms with Crippen molar-refractivity contribution >= 4 is 0 Å². The van der Waals surface area contributed by atoms with Gasteiger partial charge >= 0.3 is 0 Å². The van der Waals surface area contributed by atoms with Gasteiger partial charge in [0, 0.05) is 37.6 Å². The van der Waals surface area contributed by atoms with Gasteiger partial charge in [-0.1, -0.05) is 30.3 Å². The van der Waals surface area contributed by atoms with Crippen molar-refractivity contribution in [3.05, 3.63) is 60.2 Å². The van der Waals surface area contributed by atoms with E-state index < -0.39 is 0 Å². The lowest BCUT2D eigenvalue weighted by Gasteiger charge is -2.24. The lowest BCUT2D eigenvalue weighted by Crippen LogP contribution is -2.32. The van der Waals surface area contributed by atoms with E-state index in [4.69, 9.17) is 0 Å². The molecule has 0 radical (unpaired) electrons. The Hall–Kier alpha value is -1.74. The highest BCUT2D eigenvalue weighted by Crippen LogP contribution is 2.06. The molecule has 3 heteroatoms. The molecular weight excluding hydrogens is 234 g/mol. The number of aromatic nitrogens is 2. The molecule has 2 aromatic rings. The van der Waals surface area contributed by atoms with Crippen molar-refractivity contribution in [1.29, 1.82) is 0 Å². The molecule has 100 valence electrons. The van der Waals surface area contributed by atoms with Gasteiger partial charge in [-0.05, 0) is 26.0 Å². The summed E-state index contributed by atoms with van der Waals surface area (Å²) in [6.07, 6.45) is 7.35. The summed E-state index contributed by atoms with van der Waals surface area (Å²) in [7, 11) is 2.17. The number of hydrogen-bond donors (Lipinski definition) is 0. The maximum atomic E-state index is 4.33. The summed E-state index contributed by atoms with van der Waals surface area (Å²) in [5.41, 5.74) is 2.45. The molecule has 0 spiro atoms. The number of benzene rings is 1. The number of nitrogens with zero attached hydrogens (tertiary/aromatic N) is 3. The number of likely N-dealkylation sites (N-methyl/N-ethyl adjacent to an activating group) is 1. The van der Waals surface area contributed by atoms with Crippen molar-refractivity contribution < 1.29 is 0 Å². The molecular formula is C16H21N3. The first kappa shape index (κ1) is 13.7. The predicted octanol–water partition coefficient (Wildman–Crippen LogP) is 2.58. The third-order valence-electron chi connectivity index (χ3n) is 3.47. The van der Waals surface area contributed by atoms with Gasteiger partial charge in [-0.3, -0.25) is 9.97 Å². The minimum Gasteiger partial charge on any atom is -0.303 e. The van der Waals surface area contributed by atoms with Crippen LogP contribution in [0.5, 0.6) is 0 Å². The molecule has 1 heterocycles. The molecule has 0 fully saturated rings. The van der Waals surface area contributed by atoms with E-state index >= 15 is 0 Å². The quantitative estimate of drug-likeness (QED) is 0.794. The van der Waals surface area contributed by atoms with E-state index in [1.54, 1.807) is 12.4 Å². The van der Waals surface area contributed by atoms with E-state index in [1.807, 2.05) is 6.20 Å². The Morgan fingerprint density at radius 2 is 1.95 bits per heavy atom. The summed E-state index contributed by atoms with van der Waals surface area (Å²) in [5.74, 6) is 0. The van der Waals surface area contributed by atoms with Crippen LogP contribution in [0.3, 0.4) is 0 Å². The van der Waals surface area contributed by atoms with Crippen molar-refractivity contribution in [2.45, 2.75) is 25.8 Å². The topological polar surface area (TPSA) is 29.0 Å². The summed E-state index contributed by atoms with van der Waals surface area (Å²) in [6, 6.07) is 11.1. The third kappa shape index (κ3) is 4.45. The molecule has 1 aromatic heterocycles. The molecule has 0 aliphatic heterocycles. The van der Waals surface area contributed by atoms with Crippen LogP contribution in [-0.2, 0) is 12.8 Å². The average Bonchev–Trinajstić information content (AvgIpc) is 2.47. The van der Waals surface area contributed by atoms with Gasteiger partial charge in [0.2, 0.25) is 0 Å². The van der Waals surface area contributed by atoms with Crippen molar-refractivity contribution in [3.63, 3.8) is 0 Å². The molecule has 3 nitrogen and oxygen atoms in total. The van der Waals surface area contributed by atoms with Crippen LogP contribution < -0.4 is 0 Å². The molecule has 0 amide bonds. The Morgan fingerprint density at radius 1 is 1.16 bits per heavy atom. The van der Waals surface area contributed by atoms with E-state index in [9.17, 15) is 0 Å². The highest BCUT2D eigenvalue weighted by atomic mass is 15.1. The standard InChI is InChI=1S/C16H21N3/c1-14(12-16-13-17-9-10-18-16)19(2)11-8-15-6-4-3-5-7-15/h3-7,9-10,13-14H,8,11-12H2,1-2H3/t14-/m1/s1. The van der Waals surface area contributed by atoms with Gasteiger partial charge in [-0.25, -0.2) is 0 Å². The summed E-state index contributed by atoms with van der Waals surface area (Å²) in [6.45, 7) is 3.30. The van der Waals surface area contributed by atoms with Gasteiger partial charge in [-0.15, -0.1) is 0 Å². The first-order chi connectivity index (χ1) is 9.25. The van der Waals surface area contributed by atoms with Crippen molar-refractivity contribution in [2.75, 3.05) is 13.6 Å². The van der Waals surface area contributed by atoms with Gasteiger partial charge in [-0.2, -0.15) is 0 Å². The number of rotatable bonds is 6. The second kappa shape index (κ2) is 7.00. The van der Waals surface area contributed by atoms with Crippen LogP contribution in [0.15, 0.2) is 48.9 Å². The zero-order chi connectivity index (χ0) is 13.5. The SMILES string of the molecule is C[C@H](Cc1cnccn1)N(C)CCc1ccccc1. The zero-order valence-corrected chi connectivity index (χ0v) is 11.7. The van der Waals surface area contributed by atoms with E-state index in [2.05, 4.69) is 59.2 Å². The fourth-order valence-electron chi connectivity index (χ4n) is 2.06. The molecule has 0 N–H and O–H groups in total. The molecule has 0 aliphatic carbocycles. The van der Waals surface area contributed by atoms with Crippen LogP contribution in [-0.4, -0.2) is 34.5 Å². The van der Waals surface area contributed by atoms with Crippen LogP contribution in [0.25, 0.3) is 0 Å². The minimum atomic E-state index is 0.473. The van der Waals surface area contributed by atoms with Crippen molar-refractivity contribution in [3.8, 4) is 0 Å². The largest absolute Gasteiger partial charge is 0.303 e. The zero-order valence-electron chi connectivity index (χ0n) is 11.7. The second-order valence-corrected chi connectivity index (χ2v) is 4.97. The highest BCUT2D eigenvalue weighted by Gasteiger charge is 2.10. The Bertz CT molecular complexity index is 470. The maximum Gasteiger partial charge on any atom is 0.0602 e. The average molecular weight is 255 g/mol. The molecule has 0 saturated heterocycles. The Labute approximate surface area is 115 Å². The van der Waals surface area contributed by atoms with Gasteiger partial charge in [0.05, 0.1) is 5.69 Å². The lowest BCUT2D eigenvalue weighted by atomic mass is 10.1. The monoisotopic (exact) mass is 255 g/mol. The molecule has 2 rings (SSSR count). The minimum absolute atomic E-state index is 0.473. The first-order valence-electron chi connectivity index (χ1n) is 6.75. The molecule has 1 aromatic carbocycles. The van der Waals surface area contributed by atoms with Crippen LogP contribution in [0.4, 0.5) is 0 Å². The first-order valence-corrected chi connectivity index (χ1v) is 6.75. The Balaban J connectivity index is 1.81. The fraction of sp³-hybridized carbons (Fsp3) is 0.375. The fourth-order valence-corrected chi connectivity index (χ4v) is 2.06. The van der Waals surface area contributed by atoms with Gasteiger partial charge in [0.1, 0.15) is 0 Å². The maximum absolute atomic E-state index is 4.33. The summed E-state index contributed by atoms with van der Waals surface area (Å²) >= 11 is 0. The smallest absolute Gasteiger partial charge is 0.0602 e. The van der Waals surface area contributed by atoms with E-state index in [1.165, 1.54) is 5.56 Å². The normalized spacial score (nSPS) is 12.6. The molecule has 1 atom stereocenters. The summed E-state index contributed by atoms with van der Waals surface area (Å²) < 4.78 is 0. The molecule has 0 saturated carbocycles. The summed E-state index contributed by atoms with van der Waals surface area (Å²) in [5, 5.41) is 0. The predicted molar refractivity (Wildman–Crippen MR) is 78.0 cm³/mol. The highest BCUT2D eigenvalue weighted by molar-refractivity contribution is 5.14. The van der Waals surface area contributed by atoms with Gasteiger partial charge in [0.15, 0.2) is 0 Å². The van der Waals surface area contributed by atoms with Crippen molar-refractivity contribution in [2.24, 2.45) is 0 Å². The second-order valence-electron chi connectivity index (χ2n) is 4.97. The van der Waals surface area contributed by atoms with Crippen LogP contribution in [0.1, 0.15) is 18.2 Å². The third-order valence-corrected chi connectivity index (χ3v) is 3.47. The van der Waals surface area contributed by atoms with E-state index in [-0.39, 0.29) is 0 Å². The summed E-state index contributed by atoms with van der Waals surface area (Å²) in [4.78, 5) is 10.8. The Kier molecular flexibility index (Phi) is 5.04. The Morgan fingerprint density at radius 3 is 2.63 bits per heavy atom. The number of hydrogen-bond acceptors (Lipinski definition) is 3. The van der Waals surface area contributed by atoms with E-state index in [0.29, 0.717) is 6.04 Å². The molecule has 19 heavy (non-hydrogen) atoms. The van der Waals surface area contributed by atoms with Crippen LogP contribution in [0, 0.1) is 0 Å². The van der Waals surface area contributed by atoms with E-state index in [0.717, 1.165) is 25.1 Å².